The van der Waals surface area contributed by atoms with Crippen LogP contribution in [0.5, 0.6) is 0 Å². The highest BCUT2D eigenvalue weighted by Gasteiger charge is 2.11. The molecule has 3 aromatic carbocycles. The van der Waals surface area contributed by atoms with Crippen LogP contribution in [0.2, 0.25) is 0 Å². The van der Waals surface area contributed by atoms with Gasteiger partial charge < -0.3 is 5.32 Å². The average molecular weight is 571 g/mol. The van der Waals surface area contributed by atoms with Gasteiger partial charge in [-0.15, -0.1) is 0 Å². The first kappa shape index (κ1) is 28.5. The zero-order valence-corrected chi connectivity index (χ0v) is 24.8. The zero-order chi connectivity index (χ0) is 30.0. The Labute approximate surface area is 259 Å². The first-order valence-electron chi connectivity index (χ1n) is 14.8. The quantitative estimate of drug-likeness (QED) is 0.229. The molecule has 4 heteroatoms. The van der Waals surface area contributed by atoms with E-state index in [-0.39, 0.29) is 0 Å². The van der Waals surface area contributed by atoms with Gasteiger partial charge in [-0.05, 0) is 119 Å². The topological polar surface area (TPSA) is 50.2 Å². The highest BCUT2D eigenvalue weighted by molar-refractivity contribution is 5.83. The molecular formula is C40H34N4. The summed E-state index contributed by atoms with van der Waals surface area (Å²) in [6.07, 6.45) is 22.5. The maximum absolute atomic E-state index is 4.35. The lowest BCUT2D eigenvalue weighted by molar-refractivity contribution is 0.986. The molecule has 0 amide bonds. The van der Waals surface area contributed by atoms with Crippen molar-refractivity contribution in [3.05, 3.63) is 164 Å². The molecule has 0 saturated carbocycles. The maximum Gasteiger partial charge on any atom is 0.0401 e. The van der Waals surface area contributed by atoms with Crippen LogP contribution in [0.25, 0.3) is 50.1 Å². The van der Waals surface area contributed by atoms with Crippen molar-refractivity contribution in [3.63, 3.8) is 0 Å². The third-order valence-electron chi connectivity index (χ3n) is 7.53. The van der Waals surface area contributed by atoms with E-state index in [0.717, 1.165) is 35.2 Å². The number of aromatic nitrogens is 2. The van der Waals surface area contributed by atoms with Gasteiger partial charge in [-0.1, -0.05) is 66.3 Å². The molecule has 2 aliphatic heterocycles. The molecule has 0 atom stereocenters. The molecule has 7 rings (SSSR count). The van der Waals surface area contributed by atoms with Gasteiger partial charge in [0.25, 0.3) is 0 Å². The zero-order valence-electron chi connectivity index (χ0n) is 24.8. The van der Waals surface area contributed by atoms with E-state index >= 15 is 0 Å². The Balaban J connectivity index is 0.000000374. The Bertz CT molecular complexity index is 1880. The molecule has 0 fully saturated rings. The molecule has 44 heavy (non-hydrogen) atoms. The molecule has 0 spiro atoms. The summed E-state index contributed by atoms with van der Waals surface area (Å²) < 4.78 is 0. The second-order valence-corrected chi connectivity index (χ2v) is 10.8. The van der Waals surface area contributed by atoms with Gasteiger partial charge in [-0.2, -0.15) is 0 Å². The molecule has 4 heterocycles. The number of pyridine rings is 2. The SMILES string of the molecule is C1=CNCC(c2cc(-c3cccnc3)cc(-c3cccc(-c4cccc(-c5cccnc5)c4)c3)c2)=C1.CC1=CN=CC=CC1. The predicted molar refractivity (Wildman–Crippen MR) is 185 cm³/mol. The van der Waals surface area contributed by atoms with Crippen LogP contribution in [0.1, 0.15) is 18.9 Å². The highest BCUT2D eigenvalue weighted by atomic mass is 14.8. The van der Waals surface area contributed by atoms with E-state index < -0.39 is 0 Å². The number of benzene rings is 3. The smallest absolute Gasteiger partial charge is 0.0401 e. The number of nitrogens with zero attached hydrogens (tertiary/aromatic N) is 3. The van der Waals surface area contributed by atoms with Crippen LogP contribution in [0, 0.1) is 0 Å². The maximum atomic E-state index is 4.35. The molecule has 214 valence electrons. The fourth-order valence-corrected chi connectivity index (χ4v) is 5.22. The minimum atomic E-state index is 0.813. The lowest BCUT2D eigenvalue weighted by Gasteiger charge is -2.15. The fourth-order valence-electron chi connectivity index (χ4n) is 5.22. The molecule has 0 bridgehead atoms. The van der Waals surface area contributed by atoms with E-state index in [1.807, 2.05) is 49.2 Å². The Morgan fingerprint density at radius 1 is 0.591 bits per heavy atom. The van der Waals surface area contributed by atoms with E-state index in [0.29, 0.717) is 0 Å². The number of allylic oxidation sites excluding steroid dienone is 5. The fraction of sp³-hybridized carbons (Fsp3) is 0.0750. The van der Waals surface area contributed by atoms with Gasteiger partial charge in [0.2, 0.25) is 0 Å². The van der Waals surface area contributed by atoms with Gasteiger partial charge in [-0.25, -0.2) is 0 Å². The van der Waals surface area contributed by atoms with Gasteiger partial charge in [0.05, 0.1) is 0 Å². The van der Waals surface area contributed by atoms with Crippen molar-refractivity contribution in [2.24, 2.45) is 4.99 Å². The normalized spacial score (nSPS) is 13.6. The second-order valence-electron chi connectivity index (χ2n) is 10.8. The Morgan fingerprint density at radius 3 is 1.75 bits per heavy atom. The van der Waals surface area contributed by atoms with E-state index in [1.54, 1.807) is 12.4 Å². The summed E-state index contributed by atoms with van der Waals surface area (Å²) in [4.78, 5) is 12.6. The number of dihydropyridines is 1. The lowest BCUT2D eigenvalue weighted by Crippen LogP contribution is -2.11. The van der Waals surface area contributed by atoms with E-state index in [4.69, 9.17) is 0 Å². The molecular weight excluding hydrogens is 536 g/mol. The van der Waals surface area contributed by atoms with E-state index in [1.165, 1.54) is 39.0 Å². The summed E-state index contributed by atoms with van der Waals surface area (Å²) in [6.45, 7) is 2.89. The standard InChI is InChI=1S/C33H25N3.C7H9N/c1-6-24(16-26(8-1)28-10-3-13-34-21-28)25-7-2-9-27(17-25)31-18-32(29-11-4-14-35-22-29)20-33(19-31)30-12-5-15-36-23-30;1-7-4-2-3-5-8-6-7/h1-22,36H,23H2;2-3,5-6H,4H2,1H3. The van der Waals surface area contributed by atoms with Crippen LogP contribution >= 0.6 is 0 Å². The van der Waals surface area contributed by atoms with Crippen molar-refractivity contribution < 1.29 is 0 Å². The molecule has 0 radical (unpaired) electrons. The summed E-state index contributed by atoms with van der Waals surface area (Å²) in [5, 5.41) is 3.34. The third-order valence-corrected chi connectivity index (χ3v) is 7.53. The number of hydrogen-bond donors (Lipinski definition) is 1. The molecule has 4 nitrogen and oxygen atoms in total. The largest absolute Gasteiger partial charge is 0.387 e. The second kappa shape index (κ2) is 14.0. The minimum absolute atomic E-state index is 0.813. The van der Waals surface area contributed by atoms with Crippen molar-refractivity contribution in [1.29, 1.82) is 0 Å². The van der Waals surface area contributed by atoms with Crippen molar-refractivity contribution in [2.75, 3.05) is 6.54 Å². The minimum Gasteiger partial charge on any atom is -0.387 e. The summed E-state index contributed by atoms with van der Waals surface area (Å²) >= 11 is 0. The Hall–Kier alpha value is -5.61. The van der Waals surface area contributed by atoms with Crippen molar-refractivity contribution in [2.45, 2.75) is 13.3 Å². The summed E-state index contributed by atoms with van der Waals surface area (Å²) in [5.41, 5.74) is 13.1. The molecule has 2 aromatic heterocycles. The van der Waals surface area contributed by atoms with Crippen LogP contribution in [0.4, 0.5) is 0 Å². The monoisotopic (exact) mass is 570 g/mol. The molecule has 1 N–H and O–H groups in total. The molecule has 0 aliphatic carbocycles. The van der Waals surface area contributed by atoms with Crippen LogP contribution in [0.3, 0.4) is 0 Å². The summed E-state index contributed by atoms with van der Waals surface area (Å²) in [5.74, 6) is 0. The molecule has 5 aromatic rings. The highest BCUT2D eigenvalue weighted by Crippen LogP contribution is 2.34. The molecule has 2 aliphatic rings. The van der Waals surface area contributed by atoms with Crippen LogP contribution in [-0.4, -0.2) is 22.7 Å². The number of rotatable bonds is 5. The summed E-state index contributed by atoms with van der Waals surface area (Å²) in [7, 11) is 0. The van der Waals surface area contributed by atoms with Crippen LogP contribution in [0.15, 0.2) is 163 Å². The summed E-state index contributed by atoms with van der Waals surface area (Å²) in [6, 6.07) is 32.4. The van der Waals surface area contributed by atoms with Gasteiger partial charge >= 0.3 is 0 Å². The first-order valence-corrected chi connectivity index (χ1v) is 14.8. The van der Waals surface area contributed by atoms with Gasteiger partial charge in [0, 0.05) is 54.9 Å². The first-order chi connectivity index (χ1) is 21.7. The van der Waals surface area contributed by atoms with Crippen LogP contribution < -0.4 is 5.32 Å². The Kier molecular flexibility index (Phi) is 9.09. The van der Waals surface area contributed by atoms with Crippen molar-refractivity contribution in [3.8, 4) is 44.5 Å². The third kappa shape index (κ3) is 7.23. The lowest BCUT2D eigenvalue weighted by atomic mass is 9.91. The number of aliphatic imine (C=N–C) groups is 1. The number of nitrogens with one attached hydrogen (secondary N) is 1. The molecule has 0 unspecified atom stereocenters. The van der Waals surface area contributed by atoms with Crippen molar-refractivity contribution in [1.82, 2.24) is 15.3 Å². The van der Waals surface area contributed by atoms with E-state index in [9.17, 15) is 0 Å². The predicted octanol–water partition coefficient (Wildman–Crippen LogP) is 9.57. The van der Waals surface area contributed by atoms with Gasteiger partial charge in [0.15, 0.2) is 0 Å². The van der Waals surface area contributed by atoms with Gasteiger partial charge in [0.1, 0.15) is 0 Å². The average Bonchev–Trinajstić information content (AvgIpc) is 3.37. The van der Waals surface area contributed by atoms with Crippen molar-refractivity contribution >= 4 is 11.8 Å². The molecule has 0 saturated heterocycles. The number of hydrogen-bond acceptors (Lipinski definition) is 4. The van der Waals surface area contributed by atoms with Gasteiger partial charge in [-0.3, -0.25) is 15.0 Å². The van der Waals surface area contributed by atoms with Crippen LogP contribution in [-0.2, 0) is 0 Å². The Morgan fingerprint density at radius 2 is 1.14 bits per heavy atom. The van der Waals surface area contributed by atoms with E-state index in [2.05, 4.69) is 124 Å².